The quantitative estimate of drug-likeness (QED) is 0.672. The van der Waals surface area contributed by atoms with Crippen molar-refractivity contribution in [2.75, 3.05) is 17.7 Å². The average Bonchev–Trinajstić information content (AvgIpc) is 2.70. The summed E-state index contributed by atoms with van der Waals surface area (Å²) in [6.07, 6.45) is 0. The summed E-state index contributed by atoms with van der Waals surface area (Å²) < 4.78 is 17.6. The van der Waals surface area contributed by atoms with Gasteiger partial charge in [-0.3, -0.25) is 4.79 Å². The van der Waals surface area contributed by atoms with E-state index in [1.165, 1.54) is 25.3 Å². The number of halogens is 1. The van der Waals surface area contributed by atoms with Crippen molar-refractivity contribution >= 4 is 29.1 Å². The van der Waals surface area contributed by atoms with Gasteiger partial charge in [0.15, 0.2) is 11.5 Å². The number of nitrogens with one attached hydrogen (secondary N) is 2. The number of esters is 1. The van der Waals surface area contributed by atoms with E-state index in [2.05, 4.69) is 20.8 Å². The molecule has 0 atom stereocenters. The number of nitrogens with zero attached hydrogens (tertiary/aromatic N) is 2. The van der Waals surface area contributed by atoms with Crippen LogP contribution in [-0.4, -0.2) is 29.2 Å². The summed E-state index contributed by atoms with van der Waals surface area (Å²) in [5.74, 6) is -1.03. The molecule has 3 rings (SSSR count). The van der Waals surface area contributed by atoms with Crippen molar-refractivity contribution in [3.8, 4) is 0 Å². The summed E-state index contributed by atoms with van der Waals surface area (Å²) >= 11 is 0. The van der Waals surface area contributed by atoms with Crippen LogP contribution in [0.25, 0.3) is 0 Å². The van der Waals surface area contributed by atoms with E-state index in [4.69, 9.17) is 4.74 Å². The molecule has 0 aliphatic heterocycles. The number of methoxy groups -OCH3 is 1. The fourth-order valence-electron chi connectivity index (χ4n) is 2.27. The predicted molar refractivity (Wildman–Crippen MR) is 97.4 cm³/mol. The third kappa shape index (κ3) is 4.43. The Bertz CT molecular complexity index is 959. The first-order valence-corrected chi connectivity index (χ1v) is 7.92. The summed E-state index contributed by atoms with van der Waals surface area (Å²) in [5.41, 5.74) is 1.25. The highest BCUT2D eigenvalue weighted by Crippen LogP contribution is 2.18. The van der Waals surface area contributed by atoms with Crippen molar-refractivity contribution < 1.29 is 18.7 Å². The van der Waals surface area contributed by atoms with Gasteiger partial charge in [0.2, 0.25) is 0 Å². The van der Waals surface area contributed by atoms with Crippen LogP contribution in [-0.2, 0) is 4.74 Å². The fourth-order valence-corrected chi connectivity index (χ4v) is 2.27. The zero-order valence-electron chi connectivity index (χ0n) is 14.3. The van der Waals surface area contributed by atoms with Crippen LogP contribution in [0, 0.1) is 5.82 Å². The molecule has 1 heterocycles. The molecule has 0 radical (unpaired) electrons. The molecule has 2 N–H and O–H groups in total. The number of ether oxygens (including phenoxy) is 1. The van der Waals surface area contributed by atoms with Gasteiger partial charge in [-0.15, -0.1) is 10.2 Å². The first kappa shape index (κ1) is 18.0. The standard InChI is InChI=1S/C19H15FN4O3/c1-27-19(26)14-4-2-3-5-15(14)22-18(25)16-10-11-17(24-23-16)21-13-8-6-12(20)7-9-13/h2-11H,1H3,(H,21,24)(H,22,25). The number of rotatable bonds is 5. The highest BCUT2D eigenvalue weighted by Gasteiger charge is 2.15. The van der Waals surface area contributed by atoms with Crippen molar-refractivity contribution in [2.24, 2.45) is 0 Å². The van der Waals surface area contributed by atoms with Gasteiger partial charge in [-0.2, -0.15) is 0 Å². The highest BCUT2D eigenvalue weighted by molar-refractivity contribution is 6.07. The van der Waals surface area contributed by atoms with E-state index in [0.717, 1.165) is 0 Å². The van der Waals surface area contributed by atoms with Gasteiger partial charge in [-0.05, 0) is 48.5 Å². The molecule has 0 bridgehead atoms. The largest absolute Gasteiger partial charge is 0.465 e. The Balaban J connectivity index is 1.71. The monoisotopic (exact) mass is 366 g/mol. The van der Waals surface area contributed by atoms with Crippen LogP contribution in [0.3, 0.4) is 0 Å². The molecule has 1 amide bonds. The highest BCUT2D eigenvalue weighted by atomic mass is 19.1. The van der Waals surface area contributed by atoms with Crippen molar-refractivity contribution in [3.63, 3.8) is 0 Å². The van der Waals surface area contributed by atoms with Gasteiger partial charge in [0, 0.05) is 5.69 Å². The Morgan fingerprint density at radius 1 is 0.963 bits per heavy atom. The third-order valence-corrected chi connectivity index (χ3v) is 3.59. The number of para-hydroxylation sites is 1. The maximum Gasteiger partial charge on any atom is 0.339 e. The Morgan fingerprint density at radius 2 is 1.70 bits per heavy atom. The molecule has 7 nitrogen and oxygen atoms in total. The lowest BCUT2D eigenvalue weighted by Gasteiger charge is -2.09. The molecule has 2 aromatic carbocycles. The number of aromatic nitrogens is 2. The van der Waals surface area contributed by atoms with Crippen molar-refractivity contribution in [3.05, 3.63) is 77.7 Å². The maximum atomic E-state index is 12.9. The van der Waals surface area contributed by atoms with E-state index >= 15 is 0 Å². The Kier molecular flexibility index (Phi) is 5.36. The molecule has 0 saturated carbocycles. The van der Waals surface area contributed by atoms with Gasteiger partial charge in [-0.1, -0.05) is 12.1 Å². The van der Waals surface area contributed by atoms with E-state index in [9.17, 15) is 14.0 Å². The van der Waals surface area contributed by atoms with Crippen LogP contribution in [0.2, 0.25) is 0 Å². The first-order valence-electron chi connectivity index (χ1n) is 7.92. The number of carbonyl (C=O) groups excluding carboxylic acids is 2. The number of anilines is 3. The molecule has 0 spiro atoms. The van der Waals surface area contributed by atoms with Crippen LogP contribution >= 0.6 is 0 Å². The summed E-state index contributed by atoms with van der Waals surface area (Å²) in [4.78, 5) is 24.1. The minimum Gasteiger partial charge on any atom is -0.465 e. The Morgan fingerprint density at radius 3 is 2.37 bits per heavy atom. The van der Waals surface area contributed by atoms with Crippen LogP contribution in [0.1, 0.15) is 20.8 Å². The van der Waals surface area contributed by atoms with Crippen molar-refractivity contribution in [1.29, 1.82) is 0 Å². The number of benzene rings is 2. The summed E-state index contributed by atoms with van der Waals surface area (Å²) in [5, 5.41) is 13.4. The molecule has 27 heavy (non-hydrogen) atoms. The van der Waals surface area contributed by atoms with Crippen LogP contribution in [0.15, 0.2) is 60.7 Å². The van der Waals surface area contributed by atoms with E-state index in [1.807, 2.05) is 0 Å². The lowest BCUT2D eigenvalue weighted by molar-refractivity contribution is 0.0602. The molecular weight excluding hydrogens is 351 g/mol. The summed E-state index contributed by atoms with van der Waals surface area (Å²) in [6, 6.07) is 15.3. The lowest BCUT2D eigenvalue weighted by atomic mass is 10.1. The maximum absolute atomic E-state index is 12.9. The molecule has 8 heteroatoms. The summed E-state index contributed by atoms with van der Waals surface area (Å²) in [7, 11) is 1.26. The van der Waals surface area contributed by atoms with E-state index in [1.54, 1.807) is 42.5 Å². The second-order valence-electron chi connectivity index (χ2n) is 5.43. The molecule has 3 aromatic rings. The van der Waals surface area contributed by atoms with Crippen molar-refractivity contribution in [2.45, 2.75) is 0 Å². The minimum absolute atomic E-state index is 0.0688. The van der Waals surface area contributed by atoms with Crippen LogP contribution < -0.4 is 10.6 Å². The van der Waals surface area contributed by atoms with Crippen molar-refractivity contribution in [1.82, 2.24) is 10.2 Å². The van der Waals surface area contributed by atoms with Gasteiger partial charge >= 0.3 is 5.97 Å². The minimum atomic E-state index is -0.559. The second kappa shape index (κ2) is 8.05. The zero-order valence-corrected chi connectivity index (χ0v) is 14.3. The van der Waals surface area contributed by atoms with Gasteiger partial charge in [-0.25, -0.2) is 9.18 Å². The van der Waals surface area contributed by atoms with Gasteiger partial charge in [0.1, 0.15) is 5.82 Å². The molecule has 0 aliphatic rings. The third-order valence-electron chi connectivity index (χ3n) is 3.59. The van der Waals surface area contributed by atoms with Gasteiger partial charge in [0.05, 0.1) is 18.4 Å². The molecule has 0 saturated heterocycles. The topological polar surface area (TPSA) is 93.2 Å². The smallest absolute Gasteiger partial charge is 0.339 e. The molecule has 0 unspecified atom stereocenters. The molecule has 0 aliphatic carbocycles. The SMILES string of the molecule is COC(=O)c1ccccc1NC(=O)c1ccc(Nc2ccc(F)cc2)nn1. The van der Waals surface area contributed by atoms with E-state index in [-0.39, 0.29) is 17.1 Å². The molecular formula is C19H15FN4O3. The van der Waals surface area contributed by atoms with Gasteiger partial charge in [0.25, 0.3) is 5.91 Å². The molecule has 136 valence electrons. The zero-order chi connectivity index (χ0) is 19.2. The lowest BCUT2D eigenvalue weighted by Crippen LogP contribution is -2.17. The number of amides is 1. The average molecular weight is 366 g/mol. The molecule has 1 aromatic heterocycles. The summed E-state index contributed by atoms with van der Waals surface area (Å²) in [6.45, 7) is 0. The van der Waals surface area contributed by atoms with E-state index < -0.39 is 11.9 Å². The Labute approximate surface area is 154 Å². The number of hydrogen-bond donors (Lipinski definition) is 2. The van der Waals surface area contributed by atoms with E-state index in [0.29, 0.717) is 17.2 Å². The van der Waals surface area contributed by atoms with Gasteiger partial charge < -0.3 is 15.4 Å². The normalized spacial score (nSPS) is 10.1. The second-order valence-corrected chi connectivity index (χ2v) is 5.43. The Hall–Kier alpha value is -3.81. The predicted octanol–water partition coefficient (Wildman–Crippen LogP) is 3.40. The first-order chi connectivity index (χ1) is 13.1. The fraction of sp³-hybridized carbons (Fsp3) is 0.0526. The van der Waals surface area contributed by atoms with Crippen LogP contribution in [0.5, 0.6) is 0 Å². The molecule has 0 fully saturated rings. The number of hydrogen-bond acceptors (Lipinski definition) is 6. The number of carbonyl (C=O) groups is 2. The van der Waals surface area contributed by atoms with Crippen LogP contribution in [0.4, 0.5) is 21.6 Å².